The highest BCUT2D eigenvalue weighted by atomic mass is 16.8. The Morgan fingerprint density at radius 1 is 1.03 bits per heavy atom. The molecule has 0 radical (unpaired) electrons. The number of β-lactam (4-membered cyclic amide) rings is 1. The van der Waals surface area contributed by atoms with Crippen molar-refractivity contribution in [2.45, 2.75) is 95.9 Å². The van der Waals surface area contributed by atoms with E-state index in [-0.39, 0.29) is 35.8 Å². The maximum Gasteiger partial charge on any atom is 0.511 e. The van der Waals surface area contributed by atoms with E-state index in [1.165, 1.54) is 11.8 Å². The number of hydrogen-bond donors (Lipinski definition) is 1. The van der Waals surface area contributed by atoms with Crippen LogP contribution >= 0.6 is 0 Å². The topological polar surface area (TPSA) is 112 Å². The van der Waals surface area contributed by atoms with E-state index >= 15 is 0 Å². The zero-order chi connectivity index (χ0) is 23.0. The highest BCUT2D eigenvalue weighted by Gasteiger charge is 2.62. The smallest absolute Gasteiger partial charge is 0.431 e. The molecule has 0 aromatic carbocycles. The molecule has 9 heteroatoms. The Labute approximate surface area is 188 Å². The molecule has 0 spiro atoms. The van der Waals surface area contributed by atoms with Gasteiger partial charge in [0.2, 0.25) is 12.2 Å². The normalized spacial score (nSPS) is 31.9. The van der Waals surface area contributed by atoms with E-state index in [0.29, 0.717) is 0 Å². The van der Waals surface area contributed by atoms with Crippen molar-refractivity contribution in [3.05, 3.63) is 11.3 Å². The Hall–Kier alpha value is -2.13. The van der Waals surface area contributed by atoms with Gasteiger partial charge in [-0.1, -0.05) is 6.42 Å². The lowest BCUT2D eigenvalue weighted by Crippen LogP contribution is -2.64. The first-order valence-corrected chi connectivity index (χ1v) is 11.7. The lowest BCUT2D eigenvalue weighted by molar-refractivity contribution is -0.174. The molecule has 0 aromatic heterocycles. The molecule has 2 heterocycles. The van der Waals surface area contributed by atoms with Crippen LogP contribution in [-0.4, -0.2) is 65.8 Å². The second-order valence-electron chi connectivity index (χ2n) is 9.25. The van der Waals surface area contributed by atoms with Crippen molar-refractivity contribution >= 4 is 18.0 Å². The van der Waals surface area contributed by atoms with Crippen LogP contribution in [0.3, 0.4) is 0 Å². The fraction of sp³-hybridized carbons (Fsp3) is 0.783. The lowest BCUT2D eigenvalue weighted by atomic mass is 9.72. The van der Waals surface area contributed by atoms with Gasteiger partial charge in [0, 0.05) is 20.0 Å². The van der Waals surface area contributed by atoms with Gasteiger partial charge in [-0.3, -0.25) is 4.79 Å². The minimum atomic E-state index is -1.17. The van der Waals surface area contributed by atoms with Crippen molar-refractivity contribution in [1.29, 1.82) is 0 Å². The van der Waals surface area contributed by atoms with E-state index in [4.69, 9.17) is 18.9 Å². The third kappa shape index (κ3) is 4.12. The Kier molecular flexibility index (Phi) is 6.76. The van der Waals surface area contributed by atoms with Crippen LogP contribution in [0.1, 0.15) is 65.2 Å². The molecule has 2 saturated carbocycles. The van der Waals surface area contributed by atoms with E-state index < -0.39 is 30.4 Å². The molecule has 1 amide bonds. The van der Waals surface area contributed by atoms with Gasteiger partial charge < -0.3 is 29.0 Å². The predicted molar refractivity (Wildman–Crippen MR) is 111 cm³/mol. The number of methoxy groups -OCH3 is 1. The molecule has 1 N–H and O–H groups in total. The van der Waals surface area contributed by atoms with Gasteiger partial charge in [-0.25, -0.2) is 9.59 Å². The number of esters is 1. The summed E-state index contributed by atoms with van der Waals surface area (Å²) >= 11 is 0. The van der Waals surface area contributed by atoms with Crippen molar-refractivity contribution in [2.75, 3.05) is 7.11 Å². The first-order chi connectivity index (χ1) is 15.3. The summed E-state index contributed by atoms with van der Waals surface area (Å²) in [6, 6.07) is -0.273. The number of hydrogen-bond acceptors (Lipinski definition) is 8. The number of ether oxygens (including phenoxy) is 4. The maximum absolute atomic E-state index is 13.1. The molecule has 3 fully saturated rings. The first-order valence-electron chi connectivity index (χ1n) is 11.7. The molecule has 178 valence electrons. The van der Waals surface area contributed by atoms with Crippen LogP contribution in [-0.2, 0) is 28.5 Å². The second kappa shape index (κ2) is 9.39. The number of nitrogens with zero attached hydrogens (tertiary/aromatic N) is 1. The Morgan fingerprint density at radius 3 is 2.41 bits per heavy atom. The van der Waals surface area contributed by atoms with E-state index in [0.717, 1.165) is 56.9 Å². The fourth-order valence-electron chi connectivity index (χ4n) is 5.78. The molecule has 32 heavy (non-hydrogen) atoms. The van der Waals surface area contributed by atoms with E-state index in [1.807, 2.05) is 0 Å². The largest absolute Gasteiger partial charge is 0.511 e. The Bertz CT molecular complexity index is 787. The standard InChI is InChI=1S/C23H33NO8/c1-12(25)17-19-15-10-7-11-16(29-3)18(15)20(24(19)21(17)26)22(27)30-13(2)31-23(28)32-14-8-5-4-6-9-14/h12-17,19,25H,4-11H2,1-3H3/t12?,13?,15-,16?,17?,19+/m0/s1. The molecule has 0 aromatic rings. The summed E-state index contributed by atoms with van der Waals surface area (Å²) < 4.78 is 21.5. The van der Waals surface area contributed by atoms with Crippen LogP contribution in [0.5, 0.6) is 0 Å². The molecule has 4 rings (SSSR count). The van der Waals surface area contributed by atoms with Crippen LogP contribution in [0.4, 0.5) is 4.79 Å². The van der Waals surface area contributed by atoms with Gasteiger partial charge in [-0.2, -0.15) is 0 Å². The Morgan fingerprint density at radius 2 is 1.75 bits per heavy atom. The van der Waals surface area contributed by atoms with Gasteiger partial charge in [-0.05, 0) is 57.4 Å². The molecule has 1 saturated heterocycles. The molecule has 2 aliphatic heterocycles. The van der Waals surface area contributed by atoms with Crippen LogP contribution in [0.25, 0.3) is 0 Å². The summed E-state index contributed by atoms with van der Waals surface area (Å²) in [5.41, 5.74) is 0.923. The summed E-state index contributed by atoms with van der Waals surface area (Å²) in [5, 5.41) is 10.1. The minimum absolute atomic E-state index is 0.0546. The number of amides is 1. The third-order valence-electron chi connectivity index (χ3n) is 7.19. The van der Waals surface area contributed by atoms with Crippen LogP contribution in [0, 0.1) is 11.8 Å². The summed E-state index contributed by atoms with van der Waals surface area (Å²) in [6.07, 6.45) is 3.94. The number of carbonyl (C=O) groups is 3. The van der Waals surface area contributed by atoms with Crippen LogP contribution < -0.4 is 0 Å². The summed E-state index contributed by atoms with van der Waals surface area (Å²) in [6.45, 7) is 3.04. The molecule has 4 aliphatic rings. The molecule has 9 nitrogen and oxygen atoms in total. The van der Waals surface area contributed by atoms with Crippen molar-refractivity contribution < 1.29 is 38.4 Å². The van der Waals surface area contributed by atoms with E-state index in [2.05, 4.69) is 0 Å². The molecule has 6 atom stereocenters. The lowest BCUT2D eigenvalue weighted by Gasteiger charge is -2.47. The van der Waals surface area contributed by atoms with Crippen LogP contribution in [0.2, 0.25) is 0 Å². The van der Waals surface area contributed by atoms with Gasteiger partial charge in [0.05, 0.1) is 24.2 Å². The van der Waals surface area contributed by atoms with Crippen molar-refractivity contribution in [1.82, 2.24) is 4.90 Å². The fourth-order valence-corrected chi connectivity index (χ4v) is 5.78. The highest BCUT2D eigenvalue weighted by Crippen LogP contribution is 2.52. The van der Waals surface area contributed by atoms with Gasteiger partial charge in [0.25, 0.3) is 0 Å². The number of rotatable bonds is 6. The average molecular weight is 452 g/mol. The quantitative estimate of drug-likeness (QED) is 0.373. The number of aliphatic hydroxyl groups is 1. The average Bonchev–Trinajstić information content (AvgIpc) is 3.04. The van der Waals surface area contributed by atoms with Gasteiger partial charge in [0.15, 0.2) is 0 Å². The zero-order valence-corrected chi connectivity index (χ0v) is 19.0. The molecule has 2 aliphatic carbocycles. The predicted octanol–water partition coefficient (Wildman–Crippen LogP) is 2.65. The third-order valence-corrected chi connectivity index (χ3v) is 7.19. The summed E-state index contributed by atoms with van der Waals surface area (Å²) in [4.78, 5) is 39.5. The maximum atomic E-state index is 13.1. The minimum Gasteiger partial charge on any atom is -0.431 e. The molecular formula is C23H33NO8. The SMILES string of the molecule is COC1CCC[C@H]2C1=C(C(=O)OC(C)OC(=O)OC1CCCCC1)N1C(=O)C(C(C)O)[C@@H]21. The van der Waals surface area contributed by atoms with Crippen LogP contribution in [0.15, 0.2) is 11.3 Å². The molecular weight excluding hydrogens is 418 g/mol. The summed E-state index contributed by atoms with van der Waals surface area (Å²) in [5.74, 6) is -1.62. The number of carbonyl (C=O) groups excluding carboxylic acids is 3. The van der Waals surface area contributed by atoms with Crippen molar-refractivity contribution in [3.8, 4) is 0 Å². The van der Waals surface area contributed by atoms with Crippen molar-refractivity contribution in [2.24, 2.45) is 11.8 Å². The van der Waals surface area contributed by atoms with E-state index in [1.54, 1.807) is 14.0 Å². The van der Waals surface area contributed by atoms with Crippen molar-refractivity contribution in [3.63, 3.8) is 0 Å². The summed E-state index contributed by atoms with van der Waals surface area (Å²) in [7, 11) is 1.58. The highest BCUT2D eigenvalue weighted by molar-refractivity contribution is 6.01. The Balaban J connectivity index is 1.46. The number of fused-ring (bicyclic) bond motifs is 3. The number of aliphatic hydroxyl groups excluding tert-OH is 1. The first kappa shape index (κ1) is 23.0. The van der Waals surface area contributed by atoms with Gasteiger partial charge in [0.1, 0.15) is 11.8 Å². The zero-order valence-electron chi connectivity index (χ0n) is 19.0. The molecule has 0 bridgehead atoms. The van der Waals surface area contributed by atoms with Gasteiger partial charge >= 0.3 is 12.1 Å². The molecule has 4 unspecified atom stereocenters. The van der Waals surface area contributed by atoms with Gasteiger partial charge in [-0.15, -0.1) is 0 Å². The monoisotopic (exact) mass is 451 g/mol. The second-order valence-corrected chi connectivity index (χ2v) is 9.25. The van der Waals surface area contributed by atoms with E-state index in [9.17, 15) is 19.5 Å².